The SMILES string of the molecule is COc1cccc(C=O)c1OCC(Cl)=CCl. The summed E-state index contributed by atoms with van der Waals surface area (Å²) in [7, 11) is 1.50. The molecule has 0 aromatic heterocycles. The van der Waals surface area contributed by atoms with Crippen LogP contribution < -0.4 is 9.47 Å². The molecule has 0 amide bonds. The molecule has 1 aromatic rings. The van der Waals surface area contributed by atoms with Crippen LogP contribution in [0.15, 0.2) is 28.8 Å². The van der Waals surface area contributed by atoms with E-state index in [9.17, 15) is 4.79 Å². The van der Waals surface area contributed by atoms with E-state index in [-0.39, 0.29) is 6.61 Å². The van der Waals surface area contributed by atoms with Crippen molar-refractivity contribution in [2.45, 2.75) is 0 Å². The summed E-state index contributed by atoms with van der Waals surface area (Å²) in [6.07, 6.45) is 0.691. The van der Waals surface area contributed by atoms with E-state index in [0.717, 1.165) is 0 Å². The molecule has 86 valence electrons. The number of methoxy groups -OCH3 is 1. The highest BCUT2D eigenvalue weighted by atomic mass is 35.5. The standard InChI is InChI=1S/C11H10Cl2O3/c1-15-10-4-2-3-8(6-14)11(10)16-7-9(13)5-12/h2-6H,7H2,1H3. The van der Waals surface area contributed by atoms with Gasteiger partial charge in [0.25, 0.3) is 0 Å². The fourth-order valence-corrected chi connectivity index (χ4v) is 1.23. The number of para-hydroxylation sites is 1. The molecule has 0 atom stereocenters. The van der Waals surface area contributed by atoms with Crippen LogP contribution in [-0.4, -0.2) is 20.0 Å². The Balaban J connectivity index is 2.95. The van der Waals surface area contributed by atoms with Gasteiger partial charge in [-0.2, -0.15) is 0 Å². The molecule has 0 heterocycles. The lowest BCUT2D eigenvalue weighted by Gasteiger charge is -2.11. The molecular formula is C11H10Cl2O3. The van der Waals surface area contributed by atoms with Gasteiger partial charge in [0.15, 0.2) is 17.8 Å². The number of hydrogen-bond donors (Lipinski definition) is 0. The quantitative estimate of drug-likeness (QED) is 0.763. The first-order valence-electron chi connectivity index (χ1n) is 4.42. The molecule has 0 fully saturated rings. The summed E-state index contributed by atoms with van der Waals surface area (Å²) in [5.74, 6) is 0.834. The fraction of sp³-hybridized carbons (Fsp3) is 0.182. The Bertz CT molecular complexity index is 402. The Kier molecular flexibility index (Phi) is 5.15. The van der Waals surface area contributed by atoms with Gasteiger partial charge < -0.3 is 9.47 Å². The molecule has 0 aliphatic heterocycles. The largest absolute Gasteiger partial charge is 0.493 e. The van der Waals surface area contributed by atoms with Crippen LogP contribution >= 0.6 is 23.2 Å². The minimum atomic E-state index is 0.0896. The minimum Gasteiger partial charge on any atom is -0.493 e. The summed E-state index contributed by atoms with van der Waals surface area (Å²) in [6.45, 7) is 0.0896. The maximum atomic E-state index is 10.8. The Morgan fingerprint density at radius 3 is 2.81 bits per heavy atom. The van der Waals surface area contributed by atoms with Crippen LogP contribution in [0.4, 0.5) is 0 Å². The van der Waals surface area contributed by atoms with E-state index in [1.54, 1.807) is 18.2 Å². The molecule has 5 heteroatoms. The smallest absolute Gasteiger partial charge is 0.172 e. The van der Waals surface area contributed by atoms with E-state index in [4.69, 9.17) is 32.7 Å². The number of halogens is 2. The molecule has 0 unspecified atom stereocenters. The number of hydrogen-bond acceptors (Lipinski definition) is 3. The average molecular weight is 261 g/mol. The van der Waals surface area contributed by atoms with Crippen molar-refractivity contribution in [3.05, 3.63) is 34.3 Å². The summed E-state index contributed by atoms with van der Waals surface area (Å²) >= 11 is 11.1. The Morgan fingerprint density at radius 1 is 1.50 bits per heavy atom. The van der Waals surface area contributed by atoms with Gasteiger partial charge in [0.1, 0.15) is 6.61 Å². The number of carbonyl (C=O) groups excluding carboxylic acids is 1. The highest BCUT2D eigenvalue weighted by molar-refractivity contribution is 6.36. The monoisotopic (exact) mass is 260 g/mol. The summed E-state index contributed by atoms with van der Waals surface area (Å²) < 4.78 is 10.4. The second-order valence-corrected chi connectivity index (χ2v) is 3.54. The zero-order valence-corrected chi connectivity index (χ0v) is 10.1. The molecule has 0 radical (unpaired) electrons. The van der Waals surface area contributed by atoms with Gasteiger partial charge in [-0.25, -0.2) is 0 Å². The van der Waals surface area contributed by atoms with Crippen LogP contribution in [-0.2, 0) is 0 Å². The maximum Gasteiger partial charge on any atom is 0.172 e. The first kappa shape index (κ1) is 12.9. The predicted molar refractivity (Wildman–Crippen MR) is 63.7 cm³/mol. The van der Waals surface area contributed by atoms with Crippen LogP contribution in [0.25, 0.3) is 0 Å². The normalized spacial score (nSPS) is 11.1. The molecule has 0 saturated heterocycles. The predicted octanol–water partition coefficient (Wildman–Crippen LogP) is 3.21. The van der Waals surface area contributed by atoms with Crippen LogP contribution in [0.2, 0.25) is 0 Å². The molecule has 3 nitrogen and oxygen atoms in total. The molecule has 16 heavy (non-hydrogen) atoms. The van der Waals surface area contributed by atoms with Gasteiger partial charge in [0, 0.05) is 5.54 Å². The third-order valence-corrected chi connectivity index (χ3v) is 2.42. The number of ether oxygens (including phenoxy) is 2. The highest BCUT2D eigenvalue weighted by Crippen LogP contribution is 2.30. The van der Waals surface area contributed by atoms with Gasteiger partial charge in [-0.1, -0.05) is 29.3 Å². The van der Waals surface area contributed by atoms with Gasteiger partial charge in [-0.3, -0.25) is 4.79 Å². The second kappa shape index (κ2) is 6.40. The molecule has 0 spiro atoms. The van der Waals surface area contributed by atoms with Crippen LogP contribution in [0.5, 0.6) is 11.5 Å². The summed E-state index contributed by atoms with van der Waals surface area (Å²) in [6, 6.07) is 5.03. The van der Waals surface area contributed by atoms with Gasteiger partial charge in [-0.15, -0.1) is 0 Å². The minimum absolute atomic E-state index is 0.0896. The maximum absolute atomic E-state index is 10.8. The molecule has 0 aliphatic carbocycles. The van der Waals surface area contributed by atoms with Gasteiger partial charge in [0.2, 0.25) is 0 Å². The molecule has 0 aliphatic rings. The van der Waals surface area contributed by atoms with Crippen molar-refractivity contribution in [2.75, 3.05) is 13.7 Å². The van der Waals surface area contributed by atoms with Gasteiger partial charge in [0.05, 0.1) is 17.7 Å². The van der Waals surface area contributed by atoms with Gasteiger partial charge in [-0.05, 0) is 12.1 Å². The summed E-state index contributed by atoms with van der Waals surface area (Å²) in [5.41, 5.74) is 1.61. The first-order chi connectivity index (χ1) is 7.72. The van der Waals surface area contributed by atoms with Gasteiger partial charge >= 0.3 is 0 Å². The number of carbonyl (C=O) groups is 1. The van der Waals surface area contributed by atoms with Crippen LogP contribution in [0.1, 0.15) is 10.4 Å². The summed E-state index contributed by atoms with van der Waals surface area (Å²) in [5, 5.41) is 0.337. The van der Waals surface area contributed by atoms with Crippen molar-refractivity contribution in [1.82, 2.24) is 0 Å². The third-order valence-electron chi connectivity index (χ3n) is 1.83. The van der Waals surface area contributed by atoms with E-state index in [1.807, 2.05) is 0 Å². The van der Waals surface area contributed by atoms with E-state index in [1.165, 1.54) is 12.6 Å². The van der Waals surface area contributed by atoms with Crippen LogP contribution in [0, 0.1) is 0 Å². The zero-order chi connectivity index (χ0) is 12.0. The average Bonchev–Trinajstić information content (AvgIpc) is 2.35. The van der Waals surface area contributed by atoms with E-state index < -0.39 is 0 Å². The number of rotatable bonds is 5. The second-order valence-electron chi connectivity index (χ2n) is 2.84. The molecule has 1 aromatic carbocycles. The summed E-state index contributed by atoms with van der Waals surface area (Å²) in [4.78, 5) is 10.8. The number of aldehydes is 1. The van der Waals surface area contributed by atoms with Crippen LogP contribution in [0.3, 0.4) is 0 Å². The number of benzene rings is 1. The van der Waals surface area contributed by atoms with Crippen molar-refractivity contribution >= 4 is 29.5 Å². The first-order valence-corrected chi connectivity index (χ1v) is 5.24. The highest BCUT2D eigenvalue weighted by Gasteiger charge is 2.10. The Hall–Kier alpha value is -1.19. The topological polar surface area (TPSA) is 35.5 Å². The van der Waals surface area contributed by atoms with Crippen molar-refractivity contribution in [3.8, 4) is 11.5 Å². The lowest BCUT2D eigenvalue weighted by molar-refractivity contribution is 0.111. The van der Waals surface area contributed by atoms with Crippen molar-refractivity contribution < 1.29 is 14.3 Å². The lowest BCUT2D eigenvalue weighted by Crippen LogP contribution is -2.02. The van der Waals surface area contributed by atoms with Crippen molar-refractivity contribution in [2.24, 2.45) is 0 Å². The molecule has 0 N–H and O–H groups in total. The fourth-order valence-electron chi connectivity index (χ4n) is 1.11. The van der Waals surface area contributed by atoms with Crippen molar-refractivity contribution in [3.63, 3.8) is 0 Å². The molecule has 0 bridgehead atoms. The molecule has 0 saturated carbocycles. The van der Waals surface area contributed by atoms with E-state index >= 15 is 0 Å². The third kappa shape index (κ3) is 3.15. The van der Waals surface area contributed by atoms with Crippen molar-refractivity contribution in [1.29, 1.82) is 0 Å². The molecular weight excluding hydrogens is 251 g/mol. The Morgan fingerprint density at radius 2 is 2.25 bits per heavy atom. The van der Waals surface area contributed by atoms with E-state index in [0.29, 0.717) is 28.4 Å². The zero-order valence-electron chi connectivity index (χ0n) is 8.57. The lowest BCUT2D eigenvalue weighted by atomic mass is 10.2. The van der Waals surface area contributed by atoms with E-state index in [2.05, 4.69) is 0 Å². The molecule has 1 rings (SSSR count). The Labute approximate surface area is 104 Å².